The zero-order valence-corrected chi connectivity index (χ0v) is 9.92. The number of hydrogen-bond donors (Lipinski definition) is 1. The Morgan fingerprint density at radius 1 is 1.40 bits per heavy atom. The Balaban J connectivity index is 2.37. The second-order valence-electron chi connectivity index (χ2n) is 4.00. The van der Waals surface area contributed by atoms with Gasteiger partial charge in [0.2, 0.25) is 0 Å². The number of methoxy groups -OCH3 is 1. The van der Waals surface area contributed by atoms with Crippen molar-refractivity contribution in [2.45, 2.75) is 26.8 Å². The minimum Gasteiger partial charge on any atom is -0.497 e. The Bertz CT molecular complexity index is 286. The van der Waals surface area contributed by atoms with E-state index in [0.717, 1.165) is 24.8 Å². The SMILES string of the molecule is CC[C@H](C)CNCc1cccc(OC)c1. The smallest absolute Gasteiger partial charge is 0.119 e. The van der Waals surface area contributed by atoms with Gasteiger partial charge in [0.15, 0.2) is 0 Å². The molecule has 1 rings (SSSR count). The molecule has 0 heterocycles. The molecule has 0 aromatic heterocycles. The van der Waals surface area contributed by atoms with Gasteiger partial charge in [-0.05, 0) is 30.2 Å². The van der Waals surface area contributed by atoms with Gasteiger partial charge < -0.3 is 10.1 Å². The van der Waals surface area contributed by atoms with Crippen LogP contribution in [0, 0.1) is 5.92 Å². The predicted molar refractivity (Wildman–Crippen MR) is 64.2 cm³/mol. The first kappa shape index (κ1) is 12.1. The van der Waals surface area contributed by atoms with Gasteiger partial charge in [-0.1, -0.05) is 32.4 Å². The van der Waals surface area contributed by atoms with Crippen molar-refractivity contribution in [3.63, 3.8) is 0 Å². The summed E-state index contributed by atoms with van der Waals surface area (Å²) in [6.45, 7) is 6.48. The predicted octanol–water partition coefficient (Wildman–Crippen LogP) is 2.83. The molecule has 0 spiro atoms. The van der Waals surface area contributed by atoms with Crippen LogP contribution >= 0.6 is 0 Å². The number of rotatable bonds is 6. The van der Waals surface area contributed by atoms with Crippen LogP contribution < -0.4 is 10.1 Å². The molecule has 1 N–H and O–H groups in total. The summed E-state index contributed by atoms with van der Waals surface area (Å²) >= 11 is 0. The molecule has 0 aliphatic heterocycles. The van der Waals surface area contributed by atoms with E-state index < -0.39 is 0 Å². The van der Waals surface area contributed by atoms with Crippen LogP contribution in [0.15, 0.2) is 24.3 Å². The molecule has 1 aromatic carbocycles. The molecule has 0 bridgehead atoms. The van der Waals surface area contributed by atoms with Crippen LogP contribution in [-0.2, 0) is 6.54 Å². The van der Waals surface area contributed by atoms with E-state index in [4.69, 9.17) is 4.74 Å². The van der Waals surface area contributed by atoms with Crippen molar-refractivity contribution >= 4 is 0 Å². The van der Waals surface area contributed by atoms with Crippen molar-refractivity contribution in [3.8, 4) is 5.75 Å². The summed E-state index contributed by atoms with van der Waals surface area (Å²) in [5.74, 6) is 1.67. The molecule has 2 nitrogen and oxygen atoms in total. The largest absolute Gasteiger partial charge is 0.497 e. The second-order valence-corrected chi connectivity index (χ2v) is 4.00. The third kappa shape index (κ3) is 4.34. The quantitative estimate of drug-likeness (QED) is 0.774. The van der Waals surface area contributed by atoms with Crippen molar-refractivity contribution in [2.75, 3.05) is 13.7 Å². The zero-order valence-electron chi connectivity index (χ0n) is 9.92. The molecule has 1 aromatic rings. The zero-order chi connectivity index (χ0) is 11.1. The van der Waals surface area contributed by atoms with E-state index in [1.165, 1.54) is 12.0 Å². The third-order valence-corrected chi connectivity index (χ3v) is 2.65. The van der Waals surface area contributed by atoms with Crippen molar-refractivity contribution in [1.29, 1.82) is 0 Å². The molecule has 0 amide bonds. The summed E-state index contributed by atoms with van der Waals surface area (Å²) in [6.07, 6.45) is 1.23. The first-order valence-electron chi connectivity index (χ1n) is 5.60. The van der Waals surface area contributed by atoms with E-state index >= 15 is 0 Å². The number of hydrogen-bond acceptors (Lipinski definition) is 2. The number of ether oxygens (including phenoxy) is 1. The van der Waals surface area contributed by atoms with Crippen LogP contribution in [0.4, 0.5) is 0 Å². The fraction of sp³-hybridized carbons (Fsp3) is 0.538. The van der Waals surface area contributed by atoms with Gasteiger partial charge in [-0.15, -0.1) is 0 Å². The lowest BCUT2D eigenvalue weighted by Gasteiger charge is -2.10. The van der Waals surface area contributed by atoms with Gasteiger partial charge in [0, 0.05) is 6.54 Å². The molecule has 0 saturated heterocycles. The lowest BCUT2D eigenvalue weighted by atomic mass is 10.1. The Kier molecular flexibility index (Phi) is 5.19. The maximum absolute atomic E-state index is 5.18. The average molecular weight is 207 g/mol. The summed E-state index contributed by atoms with van der Waals surface area (Å²) in [5.41, 5.74) is 1.28. The molecular weight excluding hydrogens is 186 g/mol. The van der Waals surface area contributed by atoms with E-state index in [0.29, 0.717) is 0 Å². The van der Waals surface area contributed by atoms with Crippen molar-refractivity contribution in [3.05, 3.63) is 29.8 Å². The van der Waals surface area contributed by atoms with E-state index in [1.807, 2.05) is 12.1 Å². The molecule has 84 valence electrons. The average Bonchev–Trinajstić information content (AvgIpc) is 2.29. The molecule has 2 heteroatoms. The van der Waals surface area contributed by atoms with Crippen LogP contribution in [-0.4, -0.2) is 13.7 Å². The first-order chi connectivity index (χ1) is 7.26. The number of nitrogens with one attached hydrogen (secondary N) is 1. The highest BCUT2D eigenvalue weighted by atomic mass is 16.5. The van der Waals surface area contributed by atoms with Crippen LogP contribution in [0.5, 0.6) is 5.75 Å². The molecule has 1 atom stereocenters. The van der Waals surface area contributed by atoms with Crippen LogP contribution in [0.25, 0.3) is 0 Å². The van der Waals surface area contributed by atoms with Gasteiger partial charge in [0.1, 0.15) is 5.75 Å². The summed E-state index contributed by atoms with van der Waals surface area (Å²) in [4.78, 5) is 0. The molecule has 0 aliphatic rings. The van der Waals surface area contributed by atoms with Crippen LogP contribution in [0.1, 0.15) is 25.8 Å². The summed E-state index contributed by atoms with van der Waals surface area (Å²) in [6, 6.07) is 8.19. The third-order valence-electron chi connectivity index (χ3n) is 2.65. The Morgan fingerprint density at radius 2 is 2.20 bits per heavy atom. The molecule has 0 fully saturated rings. The van der Waals surface area contributed by atoms with Crippen molar-refractivity contribution < 1.29 is 4.74 Å². The Labute approximate surface area is 92.6 Å². The van der Waals surface area contributed by atoms with Gasteiger partial charge in [-0.25, -0.2) is 0 Å². The Hall–Kier alpha value is -1.02. The molecule has 0 aliphatic carbocycles. The van der Waals surface area contributed by atoms with Gasteiger partial charge in [0.25, 0.3) is 0 Å². The van der Waals surface area contributed by atoms with Gasteiger partial charge in [-0.3, -0.25) is 0 Å². The monoisotopic (exact) mass is 207 g/mol. The van der Waals surface area contributed by atoms with Crippen LogP contribution in [0.3, 0.4) is 0 Å². The highest BCUT2D eigenvalue weighted by molar-refractivity contribution is 5.28. The minimum absolute atomic E-state index is 0.746. The van der Waals surface area contributed by atoms with Crippen LogP contribution in [0.2, 0.25) is 0 Å². The fourth-order valence-electron chi connectivity index (χ4n) is 1.39. The standard InChI is InChI=1S/C13H21NO/c1-4-11(2)9-14-10-12-6-5-7-13(8-12)15-3/h5-8,11,14H,4,9-10H2,1-3H3/t11-/m0/s1. The lowest BCUT2D eigenvalue weighted by Crippen LogP contribution is -2.20. The molecule has 15 heavy (non-hydrogen) atoms. The van der Waals surface area contributed by atoms with E-state index in [1.54, 1.807) is 7.11 Å². The molecule has 0 unspecified atom stereocenters. The molecular formula is C13H21NO. The lowest BCUT2D eigenvalue weighted by molar-refractivity contribution is 0.414. The Morgan fingerprint density at radius 3 is 2.87 bits per heavy atom. The van der Waals surface area contributed by atoms with E-state index in [-0.39, 0.29) is 0 Å². The van der Waals surface area contributed by atoms with Gasteiger partial charge in [0.05, 0.1) is 7.11 Å². The highest BCUT2D eigenvalue weighted by Gasteiger charge is 1.99. The summed E-state index contributed by atoms with van der Waals surface area (Å²) in [7, 11) is 1.70. The van der Waals surface area contributed by atoms with Crippen molar-refractivity contribution in [1.82, 2.24) is 5.32 Å². The second kappa shape index (κ2) is 6.46. The normalized spacial score (nSPS) is 12.5. The topological polar surface area (TPSA) is 21.3 Å². The number of benzene rings is 1. The molecule has 0 saturated carbocycles. The van der Waals surface area contributed by atoms with Gasteiger partial charge >= 0.3 is 0 Å². The van der Waals surface area contributed by atoms with Gasteiger partial charge in [-0.2, -0.15) is 0 Å². The van der Waals surface area contributed by atoms with E-state index in [2.05, 4.69) is 31.3 Å². The maximum Gasteiger partial charge on any atom is 0.119 e. The first-order valence-corrected chi connectivity index (χ1v) is 5.60. The van der Waals surface area contributed by atoms with E-state index in [9.17, 15) is 0 Å². The molecule has 0 radical (unpaired) electrons. The minimum atomic E-state index is 0.746. The highest BCUT2D eigenvalue weighted by Crippen LogP contribution is 2.12. The van der Waals surface area contributed by atoms with Crippen molar-refractivity contribution in [2.24, 2.45) is 5.92 Å². The maximum atomic E-state index is 5.18. The summed E-state index contributed by atoms with van der Waals surface area (Å²) in [5, 5.41) is 3.45. The summed E-state index contributed by atoms with van der Waals surface area (Å²) < 4.78 is 5.18. The fourth-order valence-corrected chi connectivity index (χ4v) is 1.39.